The van der Waals surface area contributed by atoms with Crippen molar-refractivity contribution in [2.75, 3.05) is 0 Å². The molecule has 0 fully saturated rings. The zero-order chi connectivity index (χ0) is 9.10. The van der Waals surface area contributed by atoms with E-state index in [4.69, 9.17) is 9.26 Å². The van der Waals surface area contributed by atoms with Gasteiger partial charge in [-0.1, -0.05) is 5.16 Å². The third-order valence-electron chi connectivity index (χ3n) is 1.41. The maximum absolute atomic E-state index is 5.16. The fraction of sp³-hybridized carbons (Fsp3) is 0.286. The standard InChI is InChI=1S/C7H8N4O2/c1-5-10-7(13-11-5)12-3-6-2-8-4-9-6/h2,4H,3H2,1H3,(H,8,9). The van der Waals surface area contributed by atoms with Gasteiger partial charge < -0.3 is 9.72 Å². The molecule has 2 aromatic heterocycles. The fourth-order valence-electron chi connectivity index (χ4n) is 0.840. The zero-order valence-corrected chi connectivity index (χ0v) is 7.02. The van der Waals surface area contributed by atoms with Crippen LogP contribution in [0, 0.1) is 6.92 Å². The van der Waals surface area contributed by atoms with Gasteiger partial charge in [0.15, 0.2) is 5.82 Å². The molecule has 2 aromatic rings. The van der Waals surface area contributed by atoms with Crippen LogP contribution >= 0.6 is 0 Å². The topological polar surface area (TPSA) is 76.8 Å². The quantitative estimate of drug-likeness (QED) is 0.751. The van der Waals surface area contributed by atoms with E-state index in [1.165, 1.54) is 0 Å². The van der Waals surface area contributed by atoms with Crippen molar-refractivity contribution < 1.29 is 9.26 Å². The molecule has 0 aromatic carbocycles. The molecule has 0 radical (unpaired) electrons. The Balaban J connectivity index is 1.93. The summed E-state index contributed by atoms with van der Waals surface area (Å²) in [7, 11) is 0. The van der Waals surface area contributed by atoms with Gasteiger partial charge in [0.05, 0.1) is 18.2 Å². The lowest BCUT2D eigenvalue weighted by Gasteiger charge is -1.95. The first kappa shape index (κ1) is 7.78. The number of aromatic nitrogens is 4. The molecule has 0 atom stereocenters. The molecule has 0 spiro atoms. The predicted octanol–water partition coefficient (Wildman–Crippen LogP) is 0.680. The van der Waals surface area contributed by atoms with E-state index < -0.39 is 0 Å². The average molecular weight is 180 g/mol. The van der Waals surface area contributed by atoms with Crippen LogP contribution in [-0.4, -0.2) is 20.1 Å². The molecule has 6 nitrogen and oxygen atoms in total. The van der Waals surface area contributed by atoms with Crippen LogP contribution in [0.2, 0.25) is 0 Å². The second-order valence-corrected chi connectivity index (χ2v) is 2.47. The smallest absolute Gasteiger partial charge is 0.417 e. The molecule has 2 heterocycles. The highest BCUT2D eigenvalue weighted by Gasteiger charge is 2.03. The molecular weight excluding hydrogens is 172 g/mol. The van der Waals surface area contributed by atoms with Crippen molar-refractivity contribution in [3.8, 4) is 6.08 Å². The van der Waals surface area contributed by atoms with Gasteiger partial charge in [-0.15, -0.1) is 0 Å². The van der Waals surface area contributed by atoms with E-state index in [-0.39, 0.29) is 6.08 Å². The van der Waals surface area contributed by atoms with Crippen molar-refractivity contribution in [2.45, 2.75) is 13.5 Å². The van der Waals surface area contributed by atoms with Crippen LogP contribution in [0.5, 0.6) is 6.08 Å². The number of hydrogen-bond acceptors (Lipinski definition) is 5. The minimum atomic E-state index is 0.173. The first-order valence-corrected chi connectivity index (χ1v) is 3.75. The van der Waals surface area contributed by atoms with Gasteiger partial charge in [-0.05, 0) is 6.92 Å². The molecule has 0 bridgehead atoms. The summed E-state index contributed by atoms with van der Waals surface area (Å²) >= 11 is 0. The van der Waals surface area contributed by atoms with Crippen LogP contribution in [0.25, 0.3) is 0 Å². The molecule has 0 aliphatic carbocycles. The average Bonchev–Trinajstić information content (AvgIpc) is 2.71. The van der Waals surface area contributed by atoms with Gasteiger partial charge in [0, 0.05) is 0 Å². The van der Waals surface area contributed by atoms with Gasteiger partial charge in [-0.2, -0.15) is 4.98 Å². The Kier molecular flexibility index (Phi) is 1.95. The van der Waals surface area contributed by atoms with Crippen molar-refractivity contribution in [3.63, 3.8) is 0 Å². The number of rotatable bonds is 3. The van der Waals surface area contributed by atoms with Crippen molar-refractivity contribution >= 4 is 0 Å². The SMILES string of the molecule is Cc1noc(OCc2cnc[nH]2)n1. The van der Waals surface area contributed by atoms with Crippen LogP contribution in [0.15, 0.2) is 17.0 Å². The summed E-state index contributed by atoms with van der Waals surface area (Å²) in [6, 6.07) is 0. The van der Waals surface area contributed by atoms with Gasteiger partial charge in [-0.25, -0.2) is 4.98 Å². The van der Waals surface area contributed by atoms with Crippen LogP contribution in [0.4, 0.5) is 0 Å². The number of hydrogen-bond donors (Lipinski definition) is 1. The third-order valence-corrected chi connectivity index (χ3v) is 1.41. The minimum Gasteiger partial charge on any atom is -0.442 e. The van der Waals surface area contributed by atoms with E-state index in [1.54, 1.807) is 19.4 Å². The summed E-state index contributed by atoms with van der Waals surface area (Å²) in [5.74, 6) is 0.555. The van der Waals surface area contributed by atoms with Gasteiger partial charge in [0.25, 0.3) is 0 Å². The van der Waals surface area contributed by atoms with Gasteiger partial charge in [0.2, 0.25) is 0 Å². The lowest BCUT2D eigenvalue weighted by Crippen LogP contribution is -1.95. The Morgan fingerprint density at radius 2 is 2.54 bits per heavy atom. The number of nitrogens with zero attached hydrogens (tertiary/aromatic N) is 3. The van der Waals surface area contributed by atoms with E-state index in [2.05, 4.69) is 20.1 Å². The highest BCUT2D eigenvalue weighted by molar-refractivity contribution is 4.94. The Bertz CT molecular complexity index is 368. The molecule has 2 rings (SSSR count). The molecule has 0 aliphatic heterocycles. The molecular formula is C7H8N4O2. The summed E-state index contributed by atoms with van der Waals surface area (Å²) in [5, 5.41) is 3.58. The highest BCUT2D eigenvalue weighted by Crippen LogP contribution is 2.07. The molecule has 0 unspecified atom stereocenters. The lowest BCUT2D eigenvalue weighted by molar-refractivity contribution is 0.193. The summed E-state index contributed by atoms with van der Waals surface area (Å²) in [5.41, 5.74) is 0.857. The summed E-state index contributed by atoms with van der Waals surface area (Å²) in [6.07, 6.45) is 3.42. The molecule has 0 saturated heterocycles. The van der Waals surface area contributed by atoms with Crippen LogP contribution in [0.3, 0.4) is 0 Å². The van der Waals surface area contributed by atoms with Gasteiger partial charge >= 0.3 is 6.08 Å². The number of H-pyrrole nitrogens is 1. The molecule has 13 heavy (non-hydrogen) atoms. The second-order valence-electron chi connectivity index (χ2n) is 2.47. The molecule has 0 aliphatic rings. The second kappa shape index (κ2) is 3.26. The van der Waals surface area contributed by atoms with E-state index in [1.807, 2.05) is 0 Å². The fourth-order valence-corrected chi connectivity index (χ4v) is 0.840. The van der Waals surface area contributed by atoms with E-state index >= 15 is 0 Å². The van der Waals surface area contributed by atoms with E-state index in [0.29, 0.717) is 12.4 Å². The summed E-state index contributed by atoms with van der Waals surface area (Å²) in [4.78, 5) is 10.6. The van der Waals surface area contributed by atoms with Crippen molar-refractivity contribution in [1.82, 2.24) is 20.1 Å². The first-order valence-electron chi connectivity index (χ1n) is 3.75. The number of aryl methyl sites for hydroxylation is 1. The molecule has 68 valence electrons. The Morgan fingerprint density at radius 3 is 3.15 bits per heavy atom. The van der Waals surface area contributed by atoms with E-state index in [0.717, 1.165) is 5.69 Å². The Hall–Kier alpha value is -1.85. The lowest BCUT2D eigenvalue weighted by atomic mass is 10.5. The van der Waals surface area contributed by atoms with E-state index in [9.17, 15) is 0 Å². The Morgan fingerprint density at radius 1 is 1.62 bits per heavy atom. The predicted molar refractivity (Wildman–Crippen MR) is 42.0 cm³/mol. The first-order chi connectivity index (χ1) is 6.34. The number of imidazole rings is 1. The largest absolute Gasteiger partial charge is 0.442 e. The molecule has 1 N–H and O–H groups in total. The summed E-state index contributed by atoms with van der Waals surface area (Å²) in [6.45, 7) is 2.08. The minimum absolute atomic E-state index is 0.173. The zero-order valence-electron chi connectivity index (χ0n) is 7.02. The maximum atomic E-state index is 5.16. The monoisotopic (exact) mass is 180 g/mol. The number of ether oxygens (including phenoxy) is 1. The molecule has 0 amide bonds. The van der Waals surface area contributed by atoms with Crippen molar-refractivity contribution in [2.24, 2.45) is 0 Å². The molecule has 0 saturated carbocycles. The van der Waals surface area contributed by atoms with Crippen LogP contribution < -0.4 is 4.74 Å². The molecule has 6 heteroatoms. The maximum Gasteiger partial charge on any atom is 0.417 e. The van der Waals surface area contributed by atoms with Crippen molar-refractivity contribution in [3.05, 3.63) is 24.0 Å². The van der Waals surface area contributed by atoms with Gasteiger partial charge in [0.1, 0.15) is 6.61 Å². The number of nitrogens with one attached hydrogen (secondary N) is 1. The normalized spacial score (nSPS) is 10.2. The summed E-state index contributed by atoms with van der Waals surface area (Å²) < 4.78 is 9.90. The third kappa shape index (κ3) is 1.84. The van der Waals surface area contributed by atoms with Crippen molar-refractivity contribution in [1.29, 1.82) is 0 Å². The van der Waals surface area contributed by atoms with Gasteiger partial charge in [-0.3, -0.25) is 4.52 Å². The Labute approximate surface area is 73.9 Å². The van der Waals surface area contributed by atoms with Crippen LogP contribution in [-0.2, 0) is 6.61 Å². The number of aromatic amines is 1. The highest BCUT2D eigenvalue weighted by atomic mass is 16.6. The van der Waals surface area contributed by atoms with Crippen LogP contribution in [0.1, 0.15) is 11.5 Å².